The summed E-state index contributed by atoms with van der Waals surface area (Å²) in [7, 11) is 0. The largest absolute Gasteiger partial charge is 0.253 e. The van der Waals surface area contributed by atoms with Gasteiger partial charge in [0, 0.05) is 21.2 Å². The Labute approximate surface area is 142 Å². The van der Waals surface area contributed by atoms with E-state index in [2.05, 4.69) is 15.1 Å². The van der Waals surface area contributed by atoms with Gasteiger partial charge in [0.2, 0.25) is 0 Å². The van der Waals surface area contributed by atoms with Crippen molar-refractivity contribution in [2.24, 2.45) is 0 Å². The Morgan fingerprint density at radius 1 is 0.783 bits per heavy atom. The normalized spacial score (nSPS) is 11.0. The third-order valence-electron chi connectivity index (χ3n) is 3.53. The highest BCUT2D eigenvalue weighted by molar-refractivity contribution is 6.30. The molecule has 2 heterocycles. The van der Waals surface area contributed by atoms with E-state index in [0.29, 0.717) is 15.8 Å². The van der Waals surface area contributed by atoms with Gasteiger partial charge in [0.25, 0.3) is 5.78 Å². The molecule has 0 fully saturated rings. The quantitative estimate of drug-likeness (QED) is 0.528. The smallest absolute Gasteiger partial charge is 0.211 e. The van der Waals surface area contributed by atoms with Gasteiger partial charge in [-0.25, -0.2) is 4.98 Å². The number of benzene rings is 2. The summed E-state index contributed by atoms with van der Waals surface area (Å²) in [5.74, 6) is 0.544. The monoisotopic (exact) mass is 340 g/mol. The highest BCUT2D eigenvalue weighted by Gasteiger charge is 2.11. The van der Waals surface area contributed by atoms with Gasteiger partial charge < -0.3 is 0 Å². The van der Waals surface area contributed by atoms with Crippen molar-refractivity contribution in [3.63, 3.8) is 0 Å². The summed E-state index contributed by atoms with van der Waals surface area (Å²) < 4.78 is 1.71. The van der Waals surface area contributed by atoms with E-state index in [1.807, 2.05) is 54.6 Å². The van der Waals surface area contributed by atoms with Crippen LogP contribution in [0.4, 0.5) is 0 Å². The summed E-state index contributed by atoms with van der Waals surface area (Å²) >= 11 is 11.9. The molecule has 6 heteroatoms. The molecule has 0 radical (unpaired) electrons. The molecule has 4 nitrogen and oxygen atoms in total. The van der Waals surface area contributed by atoms with Crippen LogP contribution in [0.1, 0.15) is 0 Å². The number of nitrogens with zero attached hydrogens (tertiary/aromatic N) is 4. The van der Waals surface area contributed by atoms with Gasteiger partial charge in [-0.3, -0.25) is 0 Å². The Balaban J connectivity index is 1.94. The summed E-state index contributed by atoms with van der Waals surface area (Å²) in [4.78, 5) is 8.77. The standard InChI is InChI=1S/C17H10Cl2N4/c18-13-5-1-11(2-6-13)15-9-16(12-3-7-14(19)8-4-12)23-17(22-15)20-10-21-23/h1-10H. The molecular formula is C17H10Cl2N4. The number of halogens is 2. The molecule has 2 aromatic heterocycles. The maximum absolute atomic E-state index is 5.98. The molecule has 23 heavy (non-hydrogen) atoms. The van der Waals surface area contributed by atoms with Gasteiger partial charge in [-0.05, 0) is 30.3 Å². The number of rotatable bonds is 2. The molecule has 0 aliphatic rings. The van der Waals surface area contributed by atoms with Crippen LogP contribution in [-0.4, -0.2) is 19.6 Å². The topological polar surface area (TPSA) is 43.1 Å². The first-order chi connectivity index (χ1) is 11.2. The van der Waals surface area contributed by atoms with E-state index in [0.717, 1.165) is 22.5 Å². The first-order valence-electron chi connectivity index (χ1n) is 6.93. The average molecular weight is 341 g/mol. The molecule has 0 spiro atoms. The molecule has 4 rings (SSSR count). The van der Waals surface area contributed by atoms with Crippen molar-refractivity contribution in [3.05, 3.63) is 71.0 Å². The molecule has 112 valence electrons. The van der Waals surface area contributed by atoms with E-state index in [-0.39, 0.29) is 0 Å². The van der Waals surface area contributed by atoms with Gasteiger partial charge in [0.1, 0.15) is 6.33 Å². The predicted molar refractivity (Wildman–Crippen MR) is 91.7 cm³/mol. The summed E-state index contributed by atoms with van der Waals surface area (Å²) in [5.41, 5.74) is 3.67. The first kappa shape index (κ1) is 14.2. The van der Waals surface area contributed by atoms with E-state index >= 15 is 0 Å². The van der Waals surface area contributed by atoms with Gasteiger partial charge in [-0.2, -0.15) is 14.6 Å². The number of hydrogen-bond donors (Lipinski definition) is 0. The molecule has 0 amide bonds. The molecule has 0 unspecified atom stereocenters. The second-order valence-electron chi connectivity index (χ2n) is 5.01. The van der Waals surface area contributed by atoms with Crippen LogP contribution in [0.3, 0.4) is 0 Å². The highest BCUT2D eigenvalue weighted by atomic mass is 35.5. The first-order valence-corrected chi connectivity index (χ1v) is 7.69. The minimum absolute atomic E-state index is 0.544. The SMILES string of the molecule is Clc1ccc(-c2cc(-c3ccc(Cl)cc3)n3ncnc3n2)cc1. The lowest BCUT2D eigenvalue weighted by Crippen LogP contribution is -1.98. The molecule has 0 saturated carbocycles. The zero-order chi connectivity index (χ0) is 15.8. The van der Waals surface area contributed by atoms with E-state index in [9.17, 15) is 0 Å². The Morgan fingerprint density at radius 3 is 2.04 bits per heavy atom. The van der Waals surface area contributed by atoms with E-state index in [1.165, 1.54) is 6.33 Å². The molecule has 4 aromatic rings. The Morgan fingerprint density at radius 2 is 1.39 bits per heavy atom. The molecule has 2 aromatic carbocycles. The van der Waals surface area contributed by atoms with Crippen LogP contribution in [0.15, 0.2) is 60.9 Å². The van der Waals surface area contributed by atoms with Crippen LogP contribution in [0, 0.1) is 0 Å². The summed E-state index contributed by atoms with van der Waals surface area (Å²) in [5, 5.41) is 5.64. The maximum atomic E-state index is 5.98. The lowest BCUT2D eigenvalue weighted by atomic mass is 10.1. The second-order valence-corrected chi connectivity index (χ2v) is 5.89. The van der Waals surface area contributed by atoms with E-state index in [4.69, 9.17) is 23.2 Å². The molecule has 0 atom stereocenters. The zero-order valence-corrected chi connectivity index (χ0v) is 13.3. The predicted octanol–water partition coefficient (Wildman–Crippen LogP) is 4.77. The summed E-state index contributed by atoms with van der Waals surface area (Å²) in [6.07, 6.45) is 1.49. The Kier molecular flexibility index (Phi) is 3.48. The Hall–Kier alpha value is -2.43. The van der Waals surface area contributed by atoms with Crippen molar-refractivity contribution in [2.75, 3.05) is 0 Å². The van der Waals surface area contributed by atoms with Crippen molar-refractivity contribution < 1.29 is 0 Å². The molecular weight excluding hydrogens is 331 g/mol. The number of aromatic nitrogens is 4. The van der Waals surface area contributed by atoms with Crippen LogP contribution in [0.25, 0.3) is 28.3 Å². The molecule has 0 bridgehead atoms. The third kappa shape index (κ3) is 2.67. The summed E-state index contributed by atoms with van der Waals surface area (Å²) in [6, 6.07) is 17.1. The van der Waals surface area contributed by atoms with Crippen molar-refractivity contribution in [3.8, 4) is 22.5 Å². The van der Waals surface area contributed by atoms with E-state index in [1.54, 1.807) is 4.52 Å². The van der Waals surface area contributed by atoms with Gasteiger partial charge in [0.15, 0.2) is 0 Å². The molecule has 0 aliphatic carbocycles. The second kappa shape index (κ2) is 5.65. The van der Waals surface area contributed by atoms with Crippen molar-refractivity contribution in [1.82, 2.24) is 19.6 Å². The van der Waals surface area contributed by atoms with Crippen molar-refractivity contribution >= 4 is 29.0 Å². The minimum atomic E-state index is 0.544. The van der Waals surface area contributed by atoms with Crippen LogP contribution >= 0.6 is 23.2 Å². The fraction of sp³-hybridized carbons (Fsp3) is 0. The highest BCUT2D eigenvalue weighted by Crippen LogP contribution is 2.27. The van der Waals surface area contributed by atoms with Crippen LogP contribution in [-0.2, 0) is 0 Å². The lowest BCUT2D eigenvalue weighted by molar-refractivity contribution is 0.949. The van der Waals surface area contributed by atoms with Crippen LogP contribution in [0.2, 0.25) is 10.0 Å². The van der Waals surface area contributed by atoms with E-state index < -0.39 is 0 Å². The lowest BCUT2D eigenvalue weighted by Gasteiger charge is -2.08. The number of hydrogen-bond acceptors (Lipinski definition) is 3. The minimum Gasteiger partial charge on any atom is -0.211 e. The van der Waals surface area contributed by atoms with Crippen molar-refractivity contribution in [2.45, 2.75) is 0 Å². The fourth-order valence-electron chi connectivity index (χ4n) is 2.41. The van der Waals surface area contributed by atoms with Gasteiger partial charge >= 0.3 is 0 Å². The third-order valence-corrected chi connectivity index (χ3v) is 4.04. The maximum Gasteiger partial charge on any atom is 0.253 e. The molecule has 0 aliphatic heterocycles. The van der Waals surface area contributed by atoms with Crippen LogP contribution in [0.5, 0.6) is 0 Å². The van der Waals surface area contributed by atoms with Crippen LogP contribution < -0.4 is 0 Å². The summed E-state index contributed by atoms with van der Waals surface area (Å²) in [6.45, 7) is 0. The van der Waals surface area contributed by atoms with Crippen molar-refractivity contribution in [1.29, 1.82) is 0 Å². The molecule has 0 N–H and O–H groups in total. The van der Waals surface area contributed by atoms with Gasteiger partial charge in [0.05, 0.1) is 11.4 Å². The fourth-order valence-corrected chi connectivity index (χ4v) is 2.66. The number of fused-ring (bicyclic) bond motifs is 1. The average Bonchev–Trinajstić information content (AvgIpc) is 3.04. The van der Waals surface area contributed by atoms with Gasteiger partial charge in [-0.1, -0.05) is 47.5 Å². The van der Waals surface area contributed by atoms with Gasteiger partial charge in [-0.15, -0.1) is 0 Å². The Bertz CT molecular complexity index is 976. The zero-order valence-electron chi connectivity index (χ0n) is 11.8. The molecule has 0 saturated heterocycles.